The molecule has 0 aliphatic carbocycles. The van der Waals surface area contributed by atoms with E-state index >= 15 is 0 Å². The maximum atomic E-state index is 11.9. The first-order chi connectivity index (χ1) is 9.10. The van der Waals surface area contributed by atoms with E-state index < -0.39 is 0 Å². The van der Waals surface area contributed by atoms with Crippen LogP contribution in [0.1, 0.15) is 43.7 Å². The lowest BCUT2D eigenvalue weighted by atomic mass is 9.98. The van der Waals surface area contributed by atoms with E-state index in [1.54, 1.807) is 0 Å². The van der Waals surface area contributed by atoms with Crippen LogP contribution in [0.15, 0.2) is 24.3 Å². The number of nitriles is 1. The molecule has 0 radical (unpaired) electrons. The number of rotatable bonds is 3. The third-order valence-corrected chi connectivity index (χ3v) is 3.70. The Morgan fingerprint density at radius 3 is 2.63 bits per heavy atom. The molecule has 100 valence electrons. The summed E-state index contributed by atoms with van der Waals surface area (Å²) in [7, 11) is 0. The fourth-order valence-electron chi connectivity index (χ4n) is 2.40. The van der Waals surface area contributed by atoms with Gasteiger partial charge in [-0.3, -0.25) is 4.79 Å². The van der Waals surface area contributed by atoms with Crippen LogP contribution in [0.5, 0.6) is 0 Å². The van der Waals surface area contributed by atoms with Gasteiger partial charge in [-0.2, -0.15) is 5.26 Å². The molecule has 0 spiro atoms. The van der Waals surface area contributed by atoms with Gasteiger partial charge in [-0.25, -0.2) is 0 Å². The summed E-state index contributed by atoms with van der Waals surface area (Å²) in [5.74, 6) is 0.681. The molecule has 1 aromatic rings. The van der Waals surface area contributed by atoms with E-state index in [-0.39, 0.29) is 11.8 Å². The molecule has 1 amide bonds. The molecule has 0 aromatic heterocycles. The van der Waals surface area contributed by atoms with Gasteiger partial charge in [0.25, 0.3) is 0 Å². The largest absolute Gasteiger partial charge is 0.337 e. The first-order valence-electron chi connectivity index (χ1n) is 6.86. The number of hydrogen-bond acceptors (Lipinski definition) is 2. The molecule has 1 saturated heterocycles. The predicted molar refractivity (Wildman–Crippen MR) is 74.3 cm³/mol. The minimum Gasteiger partial charge on any atom is -0.337 e. The molecule has 3 nitrogen and oxygen atoms in total. The second kappa shape index (κ2) is 5.88. The van der Waals surface area contributed by atoms with Crippen LogP contribution in [0.4, 0.5) is 0 Å². The minimum absolute atomic E-state index is 0.00682. The molecule has 3 heteroatoms. The van der Waals surface area contributed by atoms with Gasteiger partial charge >= 0.3 is 0 Å². The first-order valence-corrected chi connectivity index (χ1v) is 6.86. The van der Waals surface area contributed by atoms with Crippen molar-refractivity contribution >= 4 is 5.91 Å². The van der Waals surface area contributed by atoms with Crippen molar-refractivity contribution < 1.29 is 4.79 Å². The van der Waals surface area contributed by atoms with E-state index in [0.717, 1.165) is 5.56 Å². The van der Waals surface area contributed by atoms with Gasteiger partial charge in [0.15, 0.2) is 0 Å². The number of piperidine rings is 1. The van der Waals surface area contributed by atoms with Gasteiger partial charge in [-0.05, 0) is 23.5 Å². The average Bonchev–Trinajstić information content (AvgIpc) is 2.42. The van der Waals surface area contributed by atoms with Gasteiger partial charge in [0.2, 0.25) is 5.91 Å². The Balaban J connectivity index is 2.03. The van der Waals surface area contributed by atoms with Crippen LogP contribution >= 0.6 is 0 Å². The summed E-state index contributed by atoms with van der Waals surface area (Å²) in [4.78, 5) is 13.7. The Hall–Kier alpha value is -1.82. The van der Waals surface area contributed by atoms with Crippen molar-refractivity contribution in [1.29, 1.82) is 5.26 Å². The first kappa shape index (κ1) is 13.6. The van der Waals surface area contributed by atoms with Crippen molar-refractivity contribution in [2.45, 2.75) is 39.2 Å². The van der Waals surface area contributed by atoms with Gasteiger partial charge in [-0.15, -0.1) is 0 Å². The molecular weight excluding hydrogens is 236 g/mol. The summed E-state index contributed by atoms with van der Waals surface area (Å²) >= 11 is 0. The molecule has 2 rings (SSSR count). The monoisotopic (exact) mass is 256 g/mol. The van der Waals surface area contributed by atoms with E-state index in [1.165, 1.54) is 5.56 Å². The van der Waals surface area contributed by atoms with Crippen LogP contribution in [-0.2, 0) is 11.3 Å². The Bertz CT molecular complexity index is 484. The number of nitrogens with zero attached hydrogens (tertiary/aromatic N) is 2. The van der Waals surface area contributed by atoms with Crippen molar-refractivity contribution in [3.63, 3.8) is 0 Å². The number of likely N-dealkylation sites (tertiary alicyclic amines) is 1. The predicted octanol–water partition coefficient (Wildman–Crippen LogP) is 3.07. The zero-order valence-electron chi connectivity index (χ0n) is 11.6. The van der Waals surface area contributed by atoms with Crippen LogP contribution < -0.4 is 0 Å². The normalized spacial score (nSPS) is 19.6. The quantitative estimate of drug-likeness (QED) is 0.834. The van der Waals surface area contributed by atoms with Crippen molar-refractivity contribution in [3.8, 4) is 6.07 Å². The standard InChI is InChI=1S/C16H20N2O/c1-12(2)15-6-3-13(4-7-15)10-18-11-14(9-17)5-8-16(18)19/h3-4,6-7,12,14H,5,8,10-11H2,1-2H3. The smallest absolute Gasteiger partial charge is 0.222 e. The molecule has 1 aromatic carbocycles. The van der Waals surface area contributed by atoms with Crippen molar-refractivity contribution in [2.75, 3.05) is 6.54 Å². The fourth-order valence-corrected chi connectivity index (χ4v) is 2.40. The van der Waals surface area contributed by atoms with Crippen LogP contribution in [0.3, 0.4) is 0 Å². The topological polar surface area (TPSA) is 44.1 Å². The summed E-state index contributed by atoms with van der Waals surface area (Å²) in [6, 6.07) is 10.7. The highest BCUT2D eigenvalue weighted by Crippen LogP contribution is 2.20. The highest BCUT2D eigenvalue weighted by atomic mass is 16.2. The third kappa shape index (κ3) is 3.35. The Labute approximate surface area is 114 Å². The van der Waals surface area contributed by atoms with Gasteiger partial charge in [-0.1, -0.05) is 38.1 Å². The van der Waals surface area contributed by atoms with Crippen LogP contribution in [0.2, 0.25) is 0 Å². The van der Waals surface area contributed by atoms with Crippen LogP contribution in [-0.4, -0.2) is 17.4 Å². The Kier molecular flexibility index (Phi) is 4.21. The number of amides is 1. The van der Waals surface area contributed by atoms with E-state index in [0.29, 0.717) is 31.8 Å². The maximum Gasteiger partial charge on any atom is 0.222 e. The molecule has 0 saturated carbocycles. The second-order valence-electron chi connectivity index (χ2n) is 5.54. The molecule has 0 bridgehead atoms. The summed E-state index contributed by atoms with van der Waals surface area (Å²) in [6.45, 7) is 5.53. The highest BCUT2D eigenvalue weighted by molar-refractivity contribution is 5.77. The number of carbonyl (C=O) groups excluding carboxylic acids is 1. The molecule has 1 unspecified atom stereocenters. The summed E-state index contributed by atoms with van der Waals surface area (Å²) in [6.07, 6.45) is 1.21. The fraction of sp³-hybridized carbons (Fsp3) is 0.500. The van der Waals surface area contributed by atoms with E-state index in [1.807, 2.05) is 4.90 Å². The molecule has 19 heavy (non-hydrogen) atoms. The van der Waals surface area contributed by atoms with E-state index in [4.69, 9.17) is 5.26 Å². The third-order valence-electron chi connectivity index (χ3n) is 3.70. The van der Waals surface area contributed by atoms with E-state index in [2.05, 4.69) is 44.2 Å². The van der Waals surface area contributed by atoms with Gasteiger partial charge < -0.3 is 4.90 Å². The van der Waals surface area contributed by atoms with Crippen molar-refractivity contribution in [3.05, 3.63) is 35.4 Å². The maximum absolute atomic E-state index is 11.9. The zero-order chi connectivity index (χ0) is 13.8. The van der Waals surface area contributed by atoms with Crippen molar-refractivity contribution in [1.82, 2.24) is 4.90 Å². The Morgan fingerprint density at radius 1 is 1.37 bits per heavy atom. The second-order valence-corrected chi connectivity index (χ2v) is 5.54. The molecule has 0 N–H and O–H groups in total. The lowest BCUT2D eigenvalue weighted by Gasteiger charge is -2.29. The Morgan fingerprint density at radius 2 is 2.05 bits per heavy atom. The van der Waals surface area contributed by atoms with Crippen LogP contribution in [0, 0.1) is 17.2 Å². The molecule has 1 heterocycles. The number of hydrogen-bond donors (Lipinski definition) is 0. The lowest BCUT2D eigenvalue weighted by molar-refractivity contribution is -0.134. The molecular formula is C16H20N2O. The van der Waals surface area contributed by atoms with Crippen molar-refractivity contribution in [2.24, 2.45) is 5.92 Å². The molecule has 1 atom stereocenters. The zero-order valence-corrected chi connectivity index (χ0v) is 11.6. The number of benzene rings is 1. The van der Waals surface area contributed by atoms with Crippen LogP contribution in [0.25, 0.3) is 0 Å². The number of carbonyl (C=O) groups is 1. The molecule has 1 aliphatic rings. The summed E-state index contributed by atoms with van der Waals surface area (Å²) in [5.41, 5.74) is 2.44. The highest BCUT2D eigenvalue weighted by Gasteiger charge is 2.25. The SMILES string of the molecule is CC(C)c1ccc(CN2CC(C#N)CCC2=O)cc1. The van der Waals surface area contributed by atoms with Gasteiger partial charge in [0.05, 0.1) is 12.0 Å². The van der Waals surface area contributed by atoms with E-state index in [9.17, 15) is 4.79 Å². The minimum atomic E-state index is -0.00682. The lowest BCUT2D eigenvalue weighted by Crippen LogP contribution is -2.38. The van der Waals surface area contributed by atoms with Gasteiger partial charge in [0.1, 0.15) is 0 Å². The average molecular weight is 256 g/mol. The molecule has 1 aliphatic heterocycles. The molecule has 1 fully saturated rings. The summed E-state index contributed by atoms with van der Waals surface area (Å²) in [5, 5.41) is 8.97. The van der Waals surface area contributed by atoms with Gasteiger partial charge in [0, 0.05) is 19.5 Å². The summed E-state index contributed by atoms with van der Waals surface area (Å²) < 4.78 is 0.